The highest BCUT2D eigenvalue weighted by molar-refractivity contribution is 6.35. The van der Waals surface area contributed by atoms with Crippen LogP contribution < -0.4 is 5.56 Å². The first-order valence-corrected chi connectivity index (χ1v) is 12.9. The van der Waals surface area contributed by atoms with Crippen LogP contribution in [0.15, 0.2) is 59.5 Å². The molecule has 5 rings (SSSR count). The average molecular weight is 521 g/mol. The molecule has 0 radical (unpaired) electrons. The molecule has 0 spiro atoms. The van der Waals surface area contributed by atoms with Gasteiger partial charge in [-0.15, -0.1) is 0 Å². The number of carbonyl (C=O) groups excluding carboxylic acids is 1. The lowest BCUT2D eigenvalue weighted by atomic mass is 9.98. The van der Waals surface area contributed by atoms with Crippen LogP contribution in [0.1, 0.15) is 35.8 Å². The fourth-order valence-corrected chi connectivity index (χ4v) is 5.43. The van der Waals surface area contributed by atoms with Crippen molar-refractivity contribution in [3.8, 4) is 16.8 Å². The van der Waals surface area contributed by atoms with Gasteiger partial charge in [-0.3, -0.25) is 19.1 Å². The van der Waals surface area contributed by atoms with E-state index in [9.17, 15) is 14.0 Å². The first-order valence-electron chi connectivity index (χ1n) is 12.5. The average Bonchev–Trinajstić information content (AvgIpc) is 3.30. The van der Waals surface area contributed by atoms with Crippen LogP contribution in [0.5, 0.6) is 0 Å². The molecule has 1 amide bonds. The molecule has 3 heterocycles. The molecule has 192 valence electrons. The number of piperidine rings is 1. The van der Waals surface area contributed by atoms with E-state index in [-0.39, 0.29) is 17.0 Å². The van der Waals surface area contributed by atoms with Crippen LogP contribution in [0.25, 0.3) is 27.7 Å². The van der Waals surface area contributed by atoms with Crippen molar-refractivity contribution in [3.63, 3.8) is 0 Å². The lowest BCUT2D eigenvalue weighted by molar-refractivity contribution is 0.0828. The van der Waals surface area contributed by atoms with Crippen molar-refractivity contribution >= 4 is 28.4 Å². The first kappa shape index (κ1) is 25.2. The van der Waals surface area contributed by atoms with Crippen LogP contribution in [-0.2, 0) is 6.54 Å². The summed E-state index contributed by atoms with van der Waals surface area (Å²) in [6.45, 7) is 5.11. The molecule has 2 aromatic heterocycles. The lowest BCUT2D eigenvalue weighted by Gasteiger charge is -2.30. The molecule has 0 aliphatic carbocycles. The Bertz CT molecular complexity index is 1540. The van der Waals surface area contributed by atoms with E-state index in [0.29, 0.717) is 38.7 Å². The minimum absolute atomic E-state index is 0.210. The summed E-state index contributed by atoms with van der Waals surface area (Å²) in [5, 5.41) is 1.18. The van der Waals surface area contributed by atoms with Gasteiger partial charge in [-0.05, 0) is 66.8 Å². The number of halogens is 2. The number of aromatic nitrogens is 2. The summed E-state index contributed by atoms with van der Waals surface area (Å²) in [4.78, 5) is 33.4. The third kappa shape index (κ3) is 5.06. The van der Waals surface area contributed by atoms with Gasteiger partial charge in [0.15, 0.2) is 0 Å². The molecule has 1 aliphatic rings. The van der Waals surface area contributed by atoms with Gasteiger partial charge in [0.2, 0.25) is 0 Å². The zero-order chi connectivity index (χ0) is 26.3. The highest BCUT2D eigenvalue weighted by atomic mass is 35.5. The Morgan fingerprint density at radius 1 is 1.19 bits per heavy atom. The molecule has 1 saturated heterocycles. The number of nitrogens with one attached hydrogen (secondary N) is 1. The van der Waals surface area contributed by atoms with Crippen molar-refractivity contribution in [2.24, 2.45) is 5.92 Å². The van der Waals surface area contributed by atoms with Gasteiger partial charge in [0.05, 0.1) is 10.6 Å². The minimum atomic E-state index is -0.486. The van der Waals surface area contributed by atoms with Gasteiger partial charge >= 0.3 is 0 Å². The third-order valence-corrected chi connectivity index (χ3v) is 7.30. The van der Waals surface area contributed by atoms with E-state index >= 15 is 0 Å². The molecule has 0 unspecified atom stereocenters. The van der Waals surface area contributed by atoms with Gasteiger partial charge in [-0.2, -0.15) is 0 Å². The van der Waals surface area contributed by atoms with Crippen LogP contribution in [0.4, 0.5) is 4.39 Å². The first-order chi connectivity index (χ1) is 17.7. The van der Waals surface area contributed by atoms with Gasteiger partial charge in [0.1, 0.15) is 11.3 Å². The zero-order valence-corrected chi connectivity index (χ0v) is 22.0. The fourth-order valence-electron chi connectivity index (χ4n) is 5.19. The number of hydrogen-bond donors (Lipinski definition) is 1. The van der Waals surface area contributed by atoms with Gasteiger partial charge < -0.3 is 9.88 Å². The Labute approximate surface area is 220 Å². The standard InChI is InChI=1S/C29H30ClFN4O2/c1-18-6-5-11-34(15-18)16-21-14-25-26(30)17-35(29(37)27(25)32-21)22-8-4-7-19(12-22)23-10-9-20(31)13-24(23)28(36)33(2)3/h4,7-10,12-14,17-18,32H,5-6,11,15-16H2,1-3H3/t18-/m0/s1. The largest absolute Gasteiger partial charge is 0.353 e. The van der Waals surface area contributed by atoms with Crippen molar-refractivity contribution in [1.29, 1.82) is 0 Å². The molecule has 1 N–H and O–H groups in total. The van der Waals surface area contributed by atoms with E-state index in [4.69, 9.17) is 11.6 Å². The quantitative estimate of drug-likeness (QED) is 0.366. The van der Waals surface area contributed by atoms with Crippen LogP contribution in [-0.4, -0.2) is 52.4 Å². The predicted octanol–water partition coefficient (Wildman–Crippen LogP) is 5.71. The van der Waals surface area contributed by atoms with Crippen LogP contribution >= 0.6 is 11.6 Å². The maximum absolute atomic E-state index is 14.0. The molecule has 1 fully saturated rings. The smallest absolute Gasteiger partial charge is 0.279 e. The summed E-state index contributed by atoms with van der Waals surface area (Å²) in [6, 6.07) is 13.4. The Balaban J connectivity index is 1.54. The molecule has 2 aromatic carbocycles. The number of pyridine rings is 1. The maximum atomic E-state index is 14.0. The predicted molar refractivity (Wildman–Crippen MR) is 146 cm³/mol. The monoisotopic (exact) mass is 520 g/mol. The van der Waals surface area contributed by atoms with Crippen molar-refractivity contribution in [2.45, 2.75) is 26.3 Å². The van der Waals surface area contributed by atoms with E-state index in [2.05, 4.69) is 16.8 Å². The molecule has 0 bridgehead atoms. The number of rotatable bonds is 5. The number of nitrogens with zero attached hydrogens (tertiary/aromatic N) is 3. The molecule has 6 nitrogen and oxygen atoms in total. The summed E-state index contributed by atoms with van der Waals surface area (Å²) in [7, 11) is 3.25. The van der Waals surface area contributed by atoms with Crippen molar-refractivity contribution in [2.75, 3.05) is 27.2 Å². The summed E-state index contributed by atoms with van der Waals surface area (Å²) in [5.74, 6) is -0.121. The lowest BCUT2D eigenvalue weighted by Crippen LogP contribution is -2.33. The van der Waals surface area contributed by atoms with E-state index < -0.39 is 5.82 Å². The Kier molecular flexibility index (Phi) is 6.92. The van der Waals surface area contributed by atoms with E-state index in [1.54, 1.807) is 32.4 Å². The van der Waals surface area contributed by atoms with E-state index in [1.165, 1.54) is 34.4 Å². The highest BCUT2D eigenvalue weighted by Gasteiger charge is 2.20. The number of likely N-dealkylation sites (tertiary alicyclic amines) is 1. The number of fused-ring (bicyclic) bond motifs is 1. The van der Waals surface area contributed by atoms with Gasteiger partial charge in [0, 0.05) is 50.1 Å². The van der Waals surface area contributed by atoms with Crippen molar-refractivity contribution in [1.82, 2.24) is 19.4 Å². The summed E-state index contributed by atoms with van der Waals surface area (Å²) < 4.78 is 15.5. The van der Waals surface area contributed by atoms with Crippen molar-refractivity contribution in [3.05, 3.63) is 87.2 Å². The number of H-pyrrole nitrogens is 1. The number of carbonyl (C=O) groups is 1. The zero-order valence-electron chi connectivity index (χ0n) is 21.2. The highest BCUT2D eigenvalue weighted by Crippen LogP contribution is 2.29. The number of hydrogen-bond acceptors (Lipinski definition) is 3. The number of aromatic amines is 1. The van der Waals surface area contributed by atoms with E-state index in [1.807, 2.05) is 24.3 Å². The third-order valence-electron chi connectivity index (χ3n) is 6.99. The molecule has 1 aliphatic heterocycles. The molecule has 8 heteroatoms. The molecular formula is C29H30ClFN4O2. The second-order valence-corrected chi connectivity index (χ2v) is 10.6. The topological polar surface area (TPSA) is 61.3 Å². The van der Waals surface area contributed by atoms with Crippen LogP contribution in [0, 0.1) is 11.7 Å². The maximum Gasteiger partial charge on any atom is 0.279 e. The molecule has 1 atom stereocenters. The number of amides is 1. The fraction of sp³-hybridized carbons (Fsp3) is 0.310. The molecule has 4 aromatic rings. The second-order valence-electron chi connectivity index (χ2n) is 10.2. The van der Waals surface area contributed by atoms with E-state index in [0.717, 1.165) is 25.3 Å². The summed E-state index contributed by atoms with van der Waals surface area (Å²) in [6.07, 6.45) is 4.06. The Morgan fingerprint density at radius 3 is 2.76 bits per heavy atom. The Morgan fingerprint density at radius 2 is 2.00 bits per heavy atom. The second kappa shape index (κ2) is 10.1. The van der Waals surface area contributed by atoms with Gasteiger partial charge in [-0.25, -0.2) is 4.39 Å². The Hall–Kier alpha value is -3.42. The van der Waals surface area contributed by atoms with Gasteiger partial charge in [0.25, 0.3) is 11.5 Å². The van der Waals surface area contributed by atoms with Crippen LogP contribution in [0.3, 0.4) is 0 Å². The van der Waals surface area contributed by atoms with Crippen LogP contribution in [0.2, 0.25) is 5.02 Å². The normalized spacial score (nSPS) is 16.3. The van der Waals surface area contributed by atoms with Gasteiger partial charge in [-0.1, -0.05) is 36.7 Å². The van der Waals surface area contributed by atoms with Crippen molar-refractivity contribution < 1.29 is 9.18 Å². The number of benzene rings is 2. The molecule has 0 saturated carbocycles. The summed E-state index contributed by atoms with van der Waals surface area (Å²) >= 11 is 6.65. The summed E-state index contributed by atoms with van der Waals surface area (Å²) in [5.41, 5.74) is 3.34. The molecular weight excluding hydrogens is 491 g/mol. The molecule has 37 heavy (non-hydrogen) atoms. The SMILES string of the molecule is C[C@H]1CCCN(Cc2cc3c(Cl)cn(-c4cccc(-c5ccc(F)cc5C(=O)N(C)C)c4)c(=O)c3[nH]2)C1. The minimum Gasteiger partial charge on any atom is -0.353 e.